The SMILES string of the molecule is OC1(c2cscc2Br)CC2CCC(C1)N2. The van der Waals surface area contributed by atoms with Gasteiger partial charge in [-0.15, -0.1) is 0 Å². The van der Waals surface area contributed by atoms with Crippen LogP contribution >= 0.6 is 27.3 Å². The molecule has 0 aromatic carbocycles. The number of hydrogen-bond acceptors (Lipinski definition) is 3. The van der Waals surface area contributed by atoms with Crippen molar-refractivity contribution in [2.75, 3.05) is 0 Å². The smallest absolute Gasteiger partial charge is 0.0945 e. The lowest BCUT2D eigenvalue weighted by Gasteiger charge is -2.37. The van der Waals surface area contributed by atoms with Gasteiger partial charge < -0.3 is 10.4 Å². The molecule has 0 amide bonds. The molecule has 2 unspecified atom stereocenters. The normalized spacial score (nSPS) is 39.6. The summed E-state index contributed by atoms with van der Waals surface area (Å²) in [6.45, 7) is 0. The van der Waals surface area contributed by atoms with Crippen molar-refractivity contribution >= 4 is 27.3 Å². The van der Waals surface area contributed by atoms with Gasteiger partial charge in [-0.05, 0) is 47.0 Å². The van der Waals surface area contributed by atoms with Crippen LogP contribution in [0.3, 0.4) is 0 Å². The van der Waals surface area contributed by atoms with Gasteiger partial charge in [0.25, 0.3) is 0 Å². The Kier molecular flexibility index (Phi) is 2.43. The minimum Gasteiger partial charge on any atom is -0.385 e. The molecule has 3 heterocycles. The van der Waals surface area contributed by atoms with E-state index in [-0.39, 0.29) is 0 Å². The molecule has 82 valence electrons. The predicted octanol–water partition coefficient (Wildman–Crippen LogP) is 2.61. The maximum absolute atomic E-state index is 10.7. The number of rotatable bonds is 1. The van der Waals surface area contributed by atoms with E-state index in [1.165, 1.54) is 12.8 Å². The molecule has 2 N–H and O–H groups in total. The molecule has 3 rings (SSSR count). The highest BCUT2D eigenvalue weighted by Gasteiger charge is 2.44. The van der Waals surface area contributed by atoms with Crippen LogP contribution in [0.4, 0.5) is 0 Å². The molecule has 2 aliphatic rings. The van der Waals surface area contributed by atoms with E-state index in [0.717, 1.165) is 22.9 Å². The number of nitrogens with one attached hydrogen (secondary N) is 1. The molecular weight excluding hydrogens is 274 g/mol. The molecule has 2 saturated heterocycles. The number of aliphatic hydroxyl groups is 1. The van der Waals surface area contributed by atoms with E-state index in [1.54, 1.807) is 11.3 Å². The van der Waals surface area contributed by atoms with Crippen LogP contribution in [-0.2, 0) is 5.60 Å². The van der Waals surface area contributed by atoms with E-state index in [2.05, 4.69) is 32.0 Å². The van der Waals surface area contributed by atoms with E-state index in [9.17, 15) is 5.11 Å². The largest absolute Gasteiger partial charge is 0.385 e. The Bertz CT molecular complexity index is 366. The summed E-state index contributed by atoms with van der Waals surface area (Å²) in [5.74, 6) is 0. The first-order chi connectivity index (χ1) is 7.17. The predicted molar refractivity (Wildman–Crippen MR) is 65.1 cm³/mol. The number of thiophene rings is 1. The Morgan fingerprint density at radius 2 is 2.00 bits per heavy atom. The second kappa shape index (κ2) is 3.55. The van der Waals surface area contributed by atoms with Gasteiger partial charge in [-0.25, -0.2) is 0 Å². The first-order valence-electron chi connectivity index (χ1n) is 5.38. The zero-order chi connectivity index (χ0) is 10.5. The fourth-order valence-corrected chi connectivity index (χ4v) is 4.71. The van der Waals surface area contributed by atoms with Crippen LogP contribution in [0.1, 0.15) is 31.2 Å². The third kappa shape index (κ3) is 1.68. The standard InChI is InChI=1S/C11H14BrNOS/c12-10-6-15-5-9(10)11(14)3-7-1-2-8(4-11)13-7/h5-8,13-14H,1-4H2. The Morgan fingerprint density at radius 3 is 2.53 bits per heavy atom. The van der Waals surface area contributed by atoms with Crippen LogP contribution in [0.15, 0.2) is 15.2 Å². The van der Waals surface area contributed by atoms with Gasteiger partial charge in [-0.3, -0.25) is 0 Å². The zero-order valence-electron chi connectivity index (χ0n) is 8.37. The third-order valence-electron chi connectivity index (χ3n) is 3.62. The molecule has 1 aromatic rings. The molecule has 0 radical (unpaired) electrons. The molecule has 2 aliphatic heterocycles. The molecular formula is C11H14BrNOS. The molecule has 2 atom stereocenters. The Balaban J connectivity index is 1.94. The highest BCUT2D eigenvalue weighted by molar-refractivity contribution is 9.10. The maximum atomic E-state index is 10.7. The number of piperidine rings is 1. The Hall–Kier alpha value is 0.1000. The third-order valence-corrected chi connectivity index (χ3v) is 5.32. The van der Waals surface area contributed by atoms with E-state index in [4.69, 9.17) is 0 Å². The van der Waals surface area contributed by atoms with Crippen molar-refractivity contribution in [3.63, 3.8) is 0 Å². The average Bonchev–Trinajstić information content (AvgIpc) is 2.73. The molecule has 1 aromatic heterocycles. The van der Waals surface area contributed by atoms with Crippen LogP contribution in [0.25, 0.3) is 0 Å². The summed E-state index contributed by atoms with van der Waals surface area (Å²) >= 11 is 5.18. The minimum absolute atomic E-state index is 0.514. The van der Waals surface area contributed by atoms with E-state index < -0.39 is 5.60 Å². The second-order valence-corrected chi connectivity index (χ2v) is 6.31. The number of fused-ring (bicyclic) bond motifs is 2. The lowest BCUT2D eigenvalue weighted by Crippen LogP contribution is -2.46. The first-order valence-corrected chi connectivity index (χ1v) is 7.11. The van der Waals surface area contributed by atoms with Crippen molar-refractivity contribution in [1.29, 1.82) is 0 Å². The van der Waals surface area contributed by atoms with Crippen LogP contribution in [0.5, 0.6) is 0 Å². The molecule has 0 saturated carbocycles. The maximum Gasteiger partial charge on any atom is 0.0945 e. The summed E-state index contributed by atoms with van der Waals surface area (Å²) in [7, 11) is 0. The fraction of sp³-hybridized carbons (Fsp3) is 0.636. The van der Waals surface area contributed by atoms with Crippen LogP contribution in [-0.4, -0.2) is 17.2 Å². The summed E-state index contributed by atoms with van der Waals surface area (Å²) in [6, 6.07) is 1.03. The molecule has 2 bridgehead atoms. The monoisotopic (exact) mass is 287 g/mol. The van der Waals surface area contributed by atoms with Crippen molar-refractivity contribution in [2.24, 2.45) is 0 Å². The van der Waals surface area contributed by atoms with Gasteiger partial charge >= 0.3 is 0 Å². The van der Waals surface area contributed by atoms with Crippen molar-refractivity contribution in [3.05, 3.63) is 20.8 Å². The first kappa shape index (κ1) is 10.3. The van der Waals surface area contributed by atoms with Gasteiger partial charge in [-0.1, -0.05) is 0 Å². The molecule has 0 spiro atoms. The van der Waals surface area contributed by atoms with Crippen LogP contribution in [0, 0.1) is 0 Å². The van der Waals surface area contributed by atoms with Gasteiger partial charge in [0, 0.05) is 27.5 Å². The molecule has 0 aliphatic carbocycles. The number of halogens is 1. The Morgan fingerprint density at radius 1 is 1.33 bits per heavy atom. The topological polar surface area (TPSA) is 32.3 Å². The Labute approximate surface area is 102 Å². The molecule has 2 fully saturated rings. The van der Waals surface area contributed by atoms with Gasteiger partial charge in [-0.2, -0.15) is 11.3 Å². The summed E-state index contributed by atoms with van der Waals surface area (Å²) in [4.78, 5) is 0. The van der Waals surface area contributed by atoms with Crippen molar-refractivity contribution in [2.45, 2.75) is 43.4 Å². The van der Waals surface area contributed by atoms with Crippen molar-refractivity contribution in [1.82, 2.24) is 5.32 Å². The van der Waals surface area contributed by atoms with Gasteiger partial charge in [0.05, 0.1) is 5.60 Å². The van der Waals surface area contributed by atoms with Crippen molar-refractivity contribution < 1.29 is 5.11 Å². The lowest BCUT2D eigenvalue weighted by molar-refractivity contribution is -0.0117. The minimum atomic E-state index is -0.601. The fourth-order valence-electron chi connectivity index (χ4n) is 2.96. The zero-order valence-corrected chi connectivity index (χ0v) is 10.8. The van der Waals surface area contributed by atoms with Gasteiger partial charge in [0.2, 0.25) is 0 Å². The lowest BCUT2D eigenvalue weighted by atomic mass is 9.83. The van der Waals surface area contributed by atoms with Crippen LogP contribution in [0.2, 0.25) is 0 Å². The van der Waals surface area contributed by atoms with Crippen molar-refractivity contribution in [3.8, 4) is 0 Å². The summed E-state index contributed by atoms with van der Waals surface area (Å²) in [5.41, 5.74) is 0.488. The van der Waals surface area contributed by atoms with Crippen LogP contribution < -0.4 is 5.32 Å². The summed E-state index contributed by atoms with van der Waals surface area (Å²) in [6.07, 6.45) is 4.15. The van der Waals surface area contributed by atoms with E-state index in [1.807, 2.05) is 0 Å². The molecule has 15 heavy (non-hydrogen) atoms. The second-order valence-electron chi connectivity index (χ2n) is 4.71. The molecule has 4 heteroatoms. The highest BCUT2D eigenvalue weighted by Crippen LogP contribution is 2.44. The molecule has 2 nitrogen and oxygen atoms in total. The van der Waals surface area contributed by atoms with Gasteiger partial charge in [0.1, 0.15) is 0 Å². The highest BCUT2D eigenvalue weighted by atomic mass is 79.9. The van der Waals surface area contributed by atoms with E-state index in [0.29, 0.717) is 12.1 Å². The number of hydrogen-bond donors (Lipinski definition) is 2. The summed E-state index contributed by atoms with van der Waals surface area (Å²) in [5, 5.41) is 18.4. The van der Waals surface area contributed by atoms with Gasteiger partial charge in [0.15, 0.2) is 0 Å². The van der Waals surface area contributed by atoms with E-state index >= 15 is 0 Å². The average molecular weight is 288 g/mol. The summed E-state index contributed by atoms with van der Waals surface area (Å²) < 4.78 is 1.07. The quantitative estimate of drug-likeness (QED) is 0.832.